The summed E-state index contributed by atoms with van der Waals surface area (Å²) in [6.07, 6.45) is 1.13. The van der Waals surface area contributed by atoms with Crippen molar-refractivity contribution in [2.75, 3.05) is 0 Å². The van der Waals surface area contributed by atoms with Gasteiger partial charge in [0.2, 0.25) is 17.6 Å². The van der Waals surface area contributed by atoms with Crippen molar-refractivity contribution in [1.29, 1.82) is 0 Å². The molecule has 0 saturated heterocycles. The maximum absolute atomic E-state index is 13.6. The van der Waals surface area contributed by atoms with Gasteiger partial charge in [0.05, 0.1) is 0 Å². The van der Waals surface area contributed by atoms with Crippen LogP contribution >= 0.6 is 0 Å². The molecule has 8 heteroatoms. The molecule has 0 fully saturated rings. The zero-order valence-corrected chi connectivity index (χ0v) is 15.0. The number of nitrogens with one attached hydrogen (secondary N) is 1. The Morgan fingerprint density at radius 2 is 2.12 bits per heavy atom. The van der Waals surface area contributed by atoms with Crippen LogP contribution in [0, 0.1) is 12.7 Å². The van der Waals surface area contributed by atoms with Crippen molar-refractivity contribution in [3.8, 4) is 11.4 Å². The molecule has 1 aromatic heterocycles. The summed E-state index contributed by atoms with van der Waals surface area (Å²) in [6, 6.07) is 4.62. The van der Waals surface area contributed by atoms with Crippen LogP contribution in [0.2, 0.25) is 0 Å². The van der Waals surface area contributed by atoms with E-state index in [0.717, 1.165) is 0 Å². The van der Waals surface area contributed by atoms with E-state index in [0.29, 0.717) is 24.0 Å². The van der Waals surface area contributed by atoms with Crippen LogP contribution in [0.5, 0.6) is 0 Å². The van der Waals surface area contributed by atoms with Gasteiger partial charge in [-0.1, -0.05) is 30.6 Å². The van der Waals surface area contributed by atoms with E-state index in [1.54, 1.807) is 19.1 Å². The van der Waals surface area contributed by atoms with E-state index in [1.807, 2.05) is 6.92 Å². The molecule has 1 atom stereocenters. The average Bonchev–Trinajstić information content (AvgIpc) is 3.04. The van der Waals surface area contributed by atoms with Crippen molar-refractivity contribution >= 4 is 11.9 Å². The first-order valence-corrected chi connectivity index (χ1v) is 8.38. The van der Waals surface area contributed by atoms with E-state index in [2.05, 4.69) is 15.5 Å². The Morgan fingerprint density at radius 3 is 2.73 bits per heavy atom. The van der Waals surface area contributed by atoms with Crippen LogP contribution in [0.25, 0.3) is 11.4 Å². The number of rotatable bonds is 8. The molecule has 0 saturated carbocycles. The number of carboxylic acid groups (broad SMARTS) is 1. The van der Waals surface area contributed by atoms with Gasteiger partial charge in [-0.2, -0.15) is 4.98 Å². The number of amides is 1. The van der Waals surface area contributed by atoms with Crippen molar-refractivity contribution in [2.24, 2.45) is 0 Å². The summed E-state index contributed by atoms with van der Waals surface area (Å²) in [5.41, 5.74) is -0.303. The highest BCUT2D eigenvalue weighted by molar-refractivity contribution is 5.86. The quantitative estimate of drug-likeness (QED) is 0.747. The summed E-state index contributed by atoms with van der Waals surface area (Å²) < 4.78 is 18.7. The molecule has 0 aliphatic carbocycles. The third kappa shape index (κ3) is 4.65. The lowest BCUT2D eigenvalue weighted by molar-refractivity contribution is -0.147. The molecule has 0 spiro atoms. The van der Waals surface area contributed by atoms with E-state index in [9.17, 15) is 19.1 Å². The third-order valence-corrected chi connectivity index (χ3v) is 4.10. The number of benzene rings is 1. The van der Waals surface area contributed by atoms with Crippen LogP contribution in [0.3, 0.4) is 0 Å². The summed E-state index contributed by atoms with van der Waals surface area (Å²) in [6.45, 7) is 4.98. The van der Waals surface area contributed by atoms with Gasteiger partial charge >= 0.3 is 5.97 Å². The minimum Gasteiger partial charge on any atom is -0.480 e. The second-order valence-electron chi connectivity index (χ2n) is 6.41. The molecule has 0 aliphatic heterocycles. The third-order valence-electron chi connectivity index (χ3n) is 4.10. The number of aliphatic carboxylic acids is 1. The van der Waals surface area contributed by atoms with Crippen LogP contribution in [0.15, 0.2) is 22.7 Å². The number of aromatic nitrogens is 2. The molecule has 1 amide bonds. The van der Waals surface area contributed by atoms with Crippen molar-refractivity contribution in [2.45, 2.75) is 52.0 Å². The lowest BCUT2D eigenvalue weighted by atomic mass is 9.96. The van der Waals surface area contributed by atoms with Gasteiger partial charge in [-0.15, -0.1) is 0 Å². The smallest absolute Gasteiger partial charge is 0.329 e. The zero-order valence-electron chi connectivity index (χ0n) is 15.0. The molecule has 1 aromatic carbocycles. The lowest BCUT2D eigenvalue weighted by Gasteiger charge is -2.25. The summed E-state index contributed by atoms with van der Waals surface area (Å²) >= 11 is 0. The molecular formula is C18H22FN3O4. The predicted octanol–water partition coefficient (Wildman–Crippen LogP) is 2.88. The van der Waals surface area contributed by atoms with Crippen molar-refractivity contribution in [1.82, 2.24) is 15.5 Å². The van der Waals surface area contributed by atoms with E-state index in [1.165, 1.54) is 13.0 Å². The van der Waals surface area contributed by atoms with Crippen molar-refractivity contribution in [3.63, 3.8) is 0 Å². The second kappa shape index (κ2) is 8.07. The Balaban J connectivity index is 1.98. The highest BCUT2D eigenvalue weighted by atomic mass is 19.1. The minimum atomic E-state index is -1.30. The van der Waals surface area contributed by atoms with Crippen LogP contribution in [-0.2, 0) is 16.0 Å². The number of hydrogen-bond acceptors (Lipinski definition) is 5. The molecular weight excluding hydrogens is 341 g/mol. The Bertz CT molecular complexity index is 805. The summed E-state index contributed by atoms with van der Waals surface area (Å²) in [7, 11) is 0. The first-order chi connectivity index (χ1) is 12.2. The maximum Gasteiger partial charge on any atom is 0.329 e. The van der Waals surface area contributed by atoms with Gasteiger partial charge < -0.3 is 14.9 Å². The number of halogens is 1. The molecule has 26 heavy (non-hydrogen) atoms. The average molecular weight is 363 g/mol. The van der Waals surface area contributed by atoms with Crippen LogP contribution in [0.1, 0.15) is 44.6 Å². The van der Waals surface area contributed by atoms with Gasteiger partial charge in [-0.25, -0.2) is 9.18 Å². The molecule has 1 unspecified atom stereocenters. The number of carbonyl (C=O) groups excluding carboxylic acids is 1. The summed E-state index contributed by atoms with van der Waals surface area (Å²) in [4.78, 5) is 27.6. The first-order valence-electron chi connectivity index (χ1n) is 8.38. The fraction of sp³-hybridized carbons (Fsp3) is 0.444. The Hall–Kier alpha value is -2.77. The van der Waals surface area contributed by atoms with E-state index in [4.69, 9.17) is 4.52 Å². The van der Waals surface area contributed by atoms with Gasteiger partial charge in [-0.3, -0.25) is 4.79 Å². The summed E-state index contributed by atoms with van der Waals surface area (Å²) in [5, 5.41) is 15.6. The van der Waals surface area contributed by atoms with Gasteiger partial charge in [0.1, 0.15) is 11.4 Å². The molecule has 2 aromatic rings. The molecule has 2 rings (SSSR count). The topological polar surface area (TPSA) is 105 Å². The number of carbonyl (C=O) groups is 2. The standard InChI is InChI=1S/C18H22FN3O4/c1-4-9-18(3,17(24)25)21-14(23)7-8-15-20-16(22-26-15)12-6-5-11(2)13(19)10-12/h5-6,10H,4,7-9H2,1-3H3,(H,21,23)(H,24,25). The number of hydrogen-bond donors (Lipinski definition) is 2. The van der Waals surface area contributed by atoms with E-state index < -0.39 is 17.4 Å². The Labute approximate surface area is 150 Å². The Morgan fingerprint density at radius 1 is 1.38 bits per heavy atom. The molecule has 140 valence electrons. The molecule has 0 aliphatic rings. The van der Waals surface area contributed by atoms with E-state index in [-0.39, 0.29) is 30.4 Å². The minimum absolute atomic E-state index is 0.0104. The summed E-state index contributed by atoms with van der Waals surface area (Å²) in [5.74, 6) is -1.39. The number of nitrogens with zero attached hydrogens (tertiary/aromatic N) is 2. The monoisotopic (exact) mass is 363 g/mol. The highest BCUT2D eigenvalue weighted by Gasteiger charge is 2.33. The molecule has 2 N–H and O–H groups in total. The van der Waals surface area contributed by atoms with Crippen molar-refractivity contribution < 1.29 is 23.6 Å². The van der Waals surface area contributed by atoms with Crippen LogP contribution < -0.4 is 5.32 Å². The van der Waals surface area contributed by atoms with Gasteiger partial charge in [0.25, 0.3) is 0 Å². The molecule has 0 bridgehead atoms. The van der Waals surface area contributed by atoms with Gasteiger partial charge in [0.15, 0.2) is 0 Å². The predicted molar refractivity (Wildman–Crippen MR) is 91.8 cm³/mol. The fourth-order valence-electron chi connectivity index (χ4n) is 2.52. The van der Waals surface area contributed by atoms with Gasteiger partial charge in [0, 0.05) is 18.4 Å². The fourth-order valence-corrected chi connectivity index (χ4v) is 2.52. The molecule has 1 heterocycles. The maximum atomic E-state index is 13.6. The Kier molecular flexibility index (Phi) is 6.07. The van der Waals surface area contributed by atoms with Gasteiger partial charge in [-0.05, 0) is 31.9 Å². The van der Waals surface area contributed by atoms with Crippen LogP contribution in [0.4, 0.5) is 4.39 Å². The second-order valence-corrected chi connectivity index (χ2v) is 6.41. The van der Waals surface area contributed by atoms with E-state index >= 15 is 0 Å². The number of carboxylic acids is 1. The first kappa shape index (κ1) is 19.6. The number of aryl methyl sites for hydroxylation is 2. The SMILES string of the molecule is CCCC(C)(NC(=O)CCc1nc(-c2ccc(C)c(F)c2)no1)C(=O)O. The molecule has 0 radical (unpaired) electrons. The van der Waals surface area contributed by atoms with Crippen molar-refractivity contribution in [3.05, 3.63) is 35.5 Å². The normalized spacial score (nSPS) is 13.2. The lowest BCUT2D eigenvalue weighted by Crippen LogP contribution is -2.52. The largest absolute Gasteiger partial charge is 0.480 e. The highest BCUT2D eigenvalue weighted by Crippen LogP contribution is 2.19. The zero-order chi connectivity index (χ0) is 19.3. The van der Waals surface area contributed by atoms with Crippen LogP contribution in [-0.4, -0.2) is 32.7 Å². The molecule has 7 nitrogen and oxygen atoms in total.